The Kier molecular flexibility index (Phi) is 45.4. The number of aliphatic hydroxyl groups excluding tert-OH is 1. The van der Waals surface area contributed by atoms with Crippen LogP contribution >= 0.6 is 7.82 Å². The van der Waals surface area contributed by atoms with Crippen LogP contribution in [0.15, 0.2) is 48.6 Å². The van der Waals surface area contributed by atoms with E-state index in [1.807, 2.05) is 27.2 Å². The molecule has 0 aromatic heterocycles. The molecule has 2 N–H and O–H groups in total. The number of hydrogen-bond donors (Lipinski definition) is 2. The average molecular weight is 921 g/mol. The van der Waals surface area contributed by atoms with E-state index in [2.05, 4.69) is 55.6 Å². The fraction of sp³-hybridized carbons (Fsp3) is 0.836. The van der Waals surface area contributed by atoms with Crippen molar-refractivity contribution in [3.8, 4) is 0 Å². The molecule has 0 aliphatic heterocycles. The number of quaternary nitrogens is 1. The lowest BCUT2D eigenvalue weighted by Crippen LogP contribution is -2.45. The van der Waals surface area contributed by atoms with Crippen LogP contribution in [-0.4, -0.2) is 68.5 Å². The topological polar surface area (TPSA) is 108 Å². The van der Waals surface area contributed by atoms with Gasteiger partial charge in [-0.2, -0.15) is 0 Å². The van der Waals surface area contributed by atoms with E-state index >= 15 is 0 Å². The molecule has 1 amide bonds. The molecule has 0 bridgehead atoms. The lowest BCUT2D eigenvalue weighted by molar-refractivity contribution is -0.870. The number of phosphoric ester groups is 1. The maximum absolute atomic E-state index is 12.9. The number of amides is 1. The Morgan fingerprint density at radius 2 is 0.922 bits per heavy atom. The standard InChI is InChI=1S/C55H105N2O6P/c1-6-8-10-12-14-16-18-20-22-24-26-27-28-29-31-33-35-37-39-41-43-45-47-49-55(59)56-53(52-63-64(60,61)62-51-50-57(3,4)5)54(58)48-46-44-42-40-38-36-34-32-30-25-23-21-19-17-15-13-11-9-7-2/h18,20,24,26,38,40,46,48,53-54,58H,6-17,19,21-23,25,27-37,39,41-45,47,49-52H2,1-5H3,(H-,56,59,60,61)/b20-18-,26-24-,40-38+,48-46+. The number of carbonyl (C=O) groups is 1. The fourth-order valence-corrected chi connectivity index (χ4v) is 8.45. The number of unbranched alkanes of at least 4 members (excludes halogenated alkanes) is 30. The van der Waals surface area contributed by atoms with E-state index in [0.717, 1.165) is 44.9 Å². The maximum Gasteiger partial charge on any atom is 0.268 e. The minimum absolute atomic E-state index is 0.00732. The molecule has 376 valence electrons. The monoisotopic (exact) mass is 921 g/mol. The number of nitrogens with zero attached hydrogens (tertiary/aromatic N) is 1. The molecule has 8 nitrogen and oxygen atoms in total. The van der Waals surface area contributed by atoms with Crippen molar-refractivity contribution in [2.45, 2.75) is 257 Å². The molecule has 9 heteroatoms. The maximum atomic E-state index is 12.9. The van der Waals surface area contributed by atoms with E-state index in [4.69, 9.17) is 9.05 Å². The van der Waals surface area contributed by atoms with Gasteiger partial charge in [0.25, 0.3) is 7.82 Å². The van der Waals surface area contributed by atoms with Crippen molar-refractivity contribution in [3.63, 3.8) is 0 Å². The molecule has 0 aromatic carbocycles. The van der Waals surface area contributed by atoms with Gasteiger partial charge in [-0.15, -0.1) is 0 Å². The van der Waals surface area contributed by atoms with Gasteiger partial charge < -0.3 is 28.8 Å². The van der Waals surface area contributed by atoms with Crippen molar-refractivity contribution in [2.24, 2.45) is 0 Å². The van der Waals surface area contributed by atoms with Crippen LogP contribution in [0.2, 0.25) is 0 Å². The normalized spacial score (nSPS) is 14.4. The van der Waals surface area contributed by atoms with Crippen molar-refractivity contribution < 1.29 is 32.9 Å². The van der Waals surface area contributed by atoms with Gasteiger partial charge in [-0.05, 0) is 64.2 Å². The van der Waals surface area contributed by atoms with E-state index in [0.29, 0.717) is 17.4 Å². The van der Waals surface area contributed by atoms with Crippen molar-refractivity contribution in [2.75, 3.05) is 40.9 Å². The summed E-state index contributed by atoms with van der Waals surface area (Å²) in [5.74, 6) is -0.209. The average Bonchev–Trinajstić information content (AvgIpc) is 3.25. The zero-order valence-corrected chi connectivity index (χ0v) is 43.6. The van der Waals surface area contributed by atoms with Crippen LogP contribution in [0.5, 0.6) is 0 Å². The summed E-state index contributed by atoms with van der Waals surface area (Å²) in [5, 5.41) is 13.8. The summed E-state index contributed by atoms with van der Waals surface area (Å²) >= 11 is 0. The molecule has 0 radical (unpaired) electrons. The van der Waals surface area contributed by atoms with E-state index in [1.54, 1.807) is 6.08 Å². The first kappa shape index (κ1) is 62.5. The molecule has 3 atom stereocenters. The van der Waals surface area contributed by atoms with Crippen LogP contribution < -0.4 is 10.2 Å². The van der Waals surface area contributed by atoms with E-state index in [9.17, 15) is 19.4 Å². The summed E-state index contributed by atoms with van der Waals surface area (Å²) in [6.45, 7) is 4.63. The van der Waals surface area contributed by atoms with E-state index in [1.165, 1.54) is 180 Å². The lowest BCUT2D eigenvalue weighted by Gasteiger charge is -2.29. The highest BCUT2D eigenvalue weighted by Crippen LogP contribution is 2.38. The largest absolute Gasteiger partial charge is 0.756 e. The van der Waals surface area contributed by atoms with Crippen molar-refractivity contribution in [1.82, 2.24) is 5.32 Å². The predicted molar refractivity (Wildman–Crippen MR) is 274 cm³/mol. The second-order valence-corrected chi connectivity index (χ2v) is 21.0. The van der Waals surface area contributed by atoms with Gasteiger partial charge in [0, 0.05) is 6.42 Å². The van der Waals surface area contributed by atoms with Crippen LogP contribution in [0.25, 0.3) is 0 Å². The molecule has 64 heavy (non-hydrogen) atoms. The van der Waals surface area contributed by atoms with Gasteiger partial charge in [-0.1, -0.05) is 223 Å². The quantitative estimate of drug-likeness (QED) is 0.0272. The highest BCUT2D eigenvalue weighted by Gasteiger charge is 2.23. The number of carbonyl (C=O) groups excluding carboxylic acids is 1. The van der Waals surface area contributed by atoms with E-state index in [-0.39, 0.29) is 12.5 Å². The summed E-state index contributed by atoms with van der Waals surface area (Å²) in [7, 11) is 1.24. The molecule has 0 saturated carbocycles. The van der Waals surface area contributed by atoms with Crippen LogP contribution in [0.3, 0.4) is 0 Å². The zero-order valence-electron chi connectivity index (χ0n) is 42.7. The van der Waals surface area contributed by atoms with Crippen LogP contribution in [0, 0.1) is 0 Å². The van der Waals surface area contributed by atoms with Gasteiger partial charge in [-0.25, -0.2) is 0 Å². The Hall–Kier alpha value is -1.54. The smallest absolute Gasteiger partial charge is 0.268 e. The van der Waals surface area contributed by atoms with Crippen molar-refractivity contribution >= 4 is 13.7 Å². The van der Waals surface area contributed by atoms with Crippen LogP contribution in [-0.2, 0) is 18.4 Å². The minimum Gasteiger partial charge on any atom is -0.756 e. The summed E-state index contributed by atoms with van der Waals surface area (Å²) in [5.41, 5.74) is 0. The highest BCUT2D eigenvalue weighted by molar-refractivity contribution is 7.45. The van der Waals surface area contributed by atoms with Gasteiger partial charge in [0.1, 0.15) is 13.2 Å². The fourth-order valence-electron chi connectivity index (χ4n) is 7.73. The lowest BCUT2D eigenvalue weighted by atomic mass is 10.0. The van der Waals surface area contributed by atoms with Crippen molar-refractivity contribution in [1.29, 1.82) is 0 Å². The molecule has 0 rings (SSSR count). The second-order valence-electron chi connectivity index (χ2n) is 19.6. The molecular formula is C55H105N2O6P. The zero-order chi connectivity index (χ0) is 47.1. The number of aliphatic hydroxyl groups is 1. The van der Waals surface area contributed by atoms with Gasteiger partial charge in [0.15, 0.2) is 0 Å². The van der Waals surface area contributed by atoms with Gasteiger partial charge >= 0.3 is 0 Å². The highest BCUT2D eigenvalue weighted by atomic mass is 31.2. The van der Waals surface area contributed by atoms with E-state index < -0.39 is 26.6 Å². The van der Waals surface area contributed by atoms with Crippen LogP contribution in [0.1, 0.15) is 245 Å². The first-order valence-corrected chi connectivity index (χ1v) is 28.5. The molecule has 0 spiro atoms. The number of allylic oxidation sites excluding steroid dienone is 7. The van der Waals surface area contributed by atoms with Gasteiger partial charge in [0.2, 0.25) is 5.91 Å². The number of rotatable bonds is 49. The molecular weight excluding hydrogens is 816 g/mol. The predicted octanol–water partition coefficient (Wildman–Crippen LogP) is 15.3. The number of likely N-dealkylation sites (N-methyl/N-ethyl adjacent to an activating group) is 1. The third-order valence-electron chi connectivity index (χ3n) is 12.0. The molecule has 0 heterocycles. The van der Waals surface area contributed by atoms with Crippen LogP contribution in [0.4, 0.5) is 0 Å². The van der Waals surface area contributed by atoms with Crippen molar-refractivity contribution in [3.05, 3.63) is 48.6 Å². The first-order chi connectivity index (χ1) is 31.0. The summed E-state index contributed by atoms with van der Waals surface area (Å²) in [6.07, 6.45) is 60.3. The molecule has 0 aliphatic carbocycles. The molecule has 3 unspecified atom stereocenters. The molecule has 0 saturated heterocycles. The second kappa shape index (κ2) is 46.6. The summed E-state index contributed by atoms with van der Waals surface area (Å²) in [6, 6.07) is -0.905. The molecule has 0 aliphatic rings. The van der Waals surface area contributed by atoms with Gasteiger partial charge in [-0.3, -0.25) is 9.36 Å². The summed E-state index contributed by atoms with van der Waals surface area (Å²) < 4.78 is 23.3. The Morgan fingerprint density at radius 1 is 0.547 bits per heavy atom. The molecule has 0 fully saturated rings. The number of phosphoric acid groups is 1. The minimum atomic E-state index is -4.60. The van der Waals surface area contributed by atoms with Gasteiger partial charge in [0.05, 0.1) is 39.9 Å². The number of hydrogen-bond acceptors (Lipinski definition) is 6. The Morgan fingerprint density at radius 3 is 1.36 bits per heavy atom. The Labute approximate surface area is 397 Å². The Bertz CT molecular complexity index is 1180. The first-order valence-electron chi connectivity index (χ1n) is 27.0. The summed E-state index contributed by atoms with van der Waals surface area (Å²) in [4.78, 5) is 25.4. The third kappa shape index (κ3) is 48.4. The number of nitrogens with one attached hydrogen (secondary N) is 1. The third-order valence-corrected chi connectivity index (χ3v) is 13.0. The SMILES string of the molecule is CCCCCCC/C=C\C/C=C\CCCCCCCCCCCCCC(=O)NC(COP(=O)([O-])OCC[N+](C)(C)C)C(O)/C=C/CC/C=C/CCCCCCCCCCCCCCC. The molecule has 0 aromatic rings. The Balaban J connectivity index is 4.31.